The number of rotatable bonds is 4. The number of nitrogens with one attached hydrogen (secondary N) is 1. The summed E-state index contributed by atoms with van der Waals surface area (Å²) >= 11 is 3.39. The van der Waals surface area contributed by atoms with Crippen molar-refractivity contribution in [3.8, 4) is 0 Å². The monoisotopic (exact) mass is 310 g/mol. The summed E-state index contributed by atoms with van der Waals surface area (Å²) in [7, 11) is 0. The Morgan fingerprint density at radius 1 is 1.50 bits per heavy atom. The number of hydrogen-bond acceptors (Lipinski definition) is 3. The number of carbonyl (C=O) groups is 1. The van der Waals surface area contributed by atoms with E-state index in [-0.39, 0.29) is 11.4 Å². The van der Waals surface area contributed by atoms with E-state index in [0.717, 1.165) is 11.8 Å². The summed E-state index contributed by atoms with van der Waals surface area (Å²) < 4.78 is 1.64. The highest BCUT2D eigenvalue weighted by Gasteiger charge is 2.22. The normalized spacial score (nSPS) is 11.7. The molecule has 0 atom stereocenters. The second-order valence-corrected chi connectivity index (χ2v) is 5.53. The smallest absolute Gasteiger partial charge is 0.255 e. The zero-order valence-electron chi connectivity index (χ0n) is 10.4. The summed E-state index contributed by atoms with van der Waals surface area (Å²) in [4.78, 5) is 16.2. The molecule has 0 saturated heterocycles. The number of nitrogens with zero attached hydrogens (tertiary/aromatic N) is 3. The van der Waals surface area contributed by atoms with Crippen molar-refractivity contribution in [1.29, 1.82) is 0 Å². The highest BCUT2D eigenvalue weighted by molar-refractivity contribution is 9.09. The summed E-state index contributed by atoms with van der Waals surface area (Å²) in [5, 5.41) is 7.97. The summed E-state index contributed by atoms with van der Waals surface area (Å²) in [6.07, 6.45) is 7.42. The molecule has 2 aromatic rings. The van der Waals surface area contributed by atoms with E-state index in [1.807, 2.05) is 13.8 Å². The van der Waals surface area contributed by atoms with Crippen molar-refractivity contribution in [3.05, 3.63) is 30.4 Å². The molecule has 0 unspecified atom stereocenters. The minimum Gasteiger partial charge on any atom is -0.347 e. The number of carbonyl (C=O) groups excluding carboxylic acids is 1. The van der Waals surface area contributed by atoms with Crippen molar-refractivity contribution in [2.24, 2.45) is 0 Å². The lowest BCUT2D eigenvalue weighted by Gasteiger charge is -2.25. The van der Waals surface area contributed by atoms with Gasteiger partial charge in [0.05, 0.1) is 23.5 Å². The molecule has 2 rings (SSSR count). The van der Waals surface area contributed by atoms with E-state index in [9.17, 15) is 4.79 Å². The molecule has 6 heteroatoms. The van der Waals surface area contributed by atoms with Gasteiger partial charge >= 0.3 is 0 Å². The van der Waals surface area contributed by atoms with Crippen molar-refractivity contribution >= 4 is 27.4 Å². The van der Waals surface area contributed by atoms with E-state index < -0.39 is 0 Å². The molecular formula is C12H15BrN4O. The molecule has 0 bridgehead atoms. The van der Waals surface area contributed by atoms with Crippen LogP contribution in [-0.2, 0) is 0 Å². The molecule has 0 fully saturated rings. The first kappa shape index (κ1) is 13.0. The van der Waals surface area contributed by atoms with Crippen LogP contribution in [0.25, 0.3) is 5.52 Å². The van der Waals surface area contributed by atoms with Crippen LogP contribution in [0.4, 0.5) is 0 Å². The van der Waals surface area contributed by atoms with Gasteiger partial charge in [-0.1, -0.05) is 15.9 Å². The molecule has 1 amide bonds. The van der Waals surface area contributed by atoms with Gasteiger partial charge in [-0.25, -0.2) is 4.52 Å². The molecule has 0 aromatic carbocycles. The number of fused-ring (bicyclic) bond motifs is 1. The van der Waals surface area contributed by atoms with E-state index in [1.54, 1.807) is 29.3 Å². The third-order valence-electron chi connectivity index (χ3n) is 2.74. The van der Waals surface area contributed by atoms with Gasteiger partial charge in [0.25, 0.3) is 5.91 Å². The molecule has 18 heavy (non-hydrogen) atoms. The van der Waals surface area contributed by atoms with Gasteiger partial charge in [0.2, 0.25) is 0 Å². The Morgan fingerprint density at radius 3 is 3.00 bits per heavy atom. The minimum absolute atomic E-state index is 0.121. The SMILES string of the molecule is CC(C)(CCBr)NC(=O)c1cnn2ccncc12. The van der Waals surface area contributed by atoms with Crippen LogP contribution >= 0.6 is 15.9 Å². The fourth-order valence-electron chi connectivity index (χ4n) is 1.68. The predicted molar refractivity (Wildman–Crippen MR) is 72.9 cm³/mol. The molecule has 5 nitrogen and oxygen atoms in total. The van der Waals surface area contributed by atoms with Gasteiger partial charge in [-0.05, 0) is 20.3 Å². The fourth-order valence-corrected chi connectivity index (χ4v) is 2.67. The largest absolute Gasteiger partial charge is 0.347 e. The van der Waals surface area contributed by atoms with Crippen molar-refractivity contribution in [2.75, 3.05) is 5.33 Å². The van der Waals surface area contributed by atoms with Crippen molar-refractivity contribution in [1.82, 2.24) is 19.9 Å². The molecule has 0 saturated carbocycles. The Labute approximate surface area is 114 Å². The van der Waals surface area contributed by atoms with Crippen LogP contribution in [0.5, 0.6) is 0 Å². The Kier molecular flexibility index (Phi) is 3.65. The van der Waals surface area contributed by atoms with Gasteiger partial charge in [-0.2, -0.15) is 5.10 Å². The van der Waals surface area contributed by atoms with Gasteiger partial charge in [0, 0.05) is 23.3 Å². The third kappa shape index (κ3) is 2.69. The van der Waals surface area contributed by atoms with Crippen LogP contribution in [0.3, 0.4) is 0 Å². The van der Waals surface area contributed by atoms with Gasteiger partial charge in [0.15, 0.2) is 0 Å². The third-order valence-corrected chi connectivity index (χ3v) is 3.14. The van der Waals surface area contributed by atoms with Crippen LogP contribution in [0.2, 0.25) is 0 Å². The Morgan fingerprint density at radius 2 is 2.28 bits per heavy atom. The Bertz CT molecular complexity index is 564. The van der Waals surface area contributed by atoms with E-state index in [0.29, 0.717) is 11.1 Å². The summed E-state index contributed by atoms with van der Waals surface area (Å²) in [6.45, 7) is 3.99. The highest BCUT2D eigenvalue weighted by Crippen LogP contribution is 2.14. The standard InChI is InChI=1S/C12H15BrN4O/c1-12(2,3-4-13)16-11(18)9-7-15-17-6-5-14-8-10(9)17/h5-8H,3-4H2,1-2H3,(H,16,18). The molecule has 0 aliphatic heterocycles. The number of hydrogen-bond donors (Lipinski definition) is 1. The highest BCUT2D eigenvalue weighted by atomic mass is 79.9. The van der Waals surface area contributed by atoms with Crippen molar-refractivity contribution in [2.45, 2.75) is 25.8 Å². The maximum Gasteiger partial charge on any atom is 0.255 e. The van der Waals surface area contributed by atoms with E-state index in [2.05, 4.69) is 31.3 Å². The van der Waals surface area contributed by atoms with Gasteiger partial charge in [-0.15, -0.1) is 0 Å². The number of halogens is 1. The van der Waals surface area contributed by atoms with Crippen LogP contribution in [-0.4, -0.2) is 31.4 Å². The molecule has 0 aliphatic rings. The van der Waals surface area contributed by atoms with Crippen molar-refractivity contribution < 1.29 is 4.79 Å². The van der Waals surface area contributed by atoms with E-state index >= 15 is 0 Å². The van der Waals surface area contributed by atoms with E-state index in [1.165, 1.54) is 0 Å². The average Bonchev–Trinajstić information content (AvgIpc) is 2.71. The van der Waals surface area contributed by atoms with E-state index in [4.69, 9.17) is 0 Å². The molecule has 2 aromatic heterocycles. The molecule has 0 aliphatic carbocycles. The minimum atomic E-state index is -0.253. The molecule has 96 valence electrons. The zero-order chi connectivity index (χ0) is 13.2. The zero-order valence-corrected chi connectivity index (χ0v) is 11.9. The lowest BCUT2D eigenvalue weighted by atomic mass is 10.0. The predicted octanol–water partition coefficient (Wildman–Crippen LogP) is 2.02. The second-order valence-electron chi connectivity index (χ2n) is 4.74. The average molecular weight is 311 g/mol. The molecule has 1 N–H and O–H groups in total. The van der Waals surface area contributed by atoms with Crippen LogP contribution in [0.1, 0.15) is 30.6 Å². The lowest BCUT2D eigenvalue weighted by Crippen LogP contribution is -2.43. The summed E-state index contributed by atoms with van der Waals surface area (Å²) in [5.74, 6) is -0.121. The summed E-state index contributed by atoms with van der Waals surface area (Å²) in [6, 6.07) is 0. The van der Waals surface area contributed by atoms with Crippen LogP contribution in [0, 0.1) is 0 Å². The first-order valence-corrected chi connectivity index (χ1v) is 6.81. The summed E-state index contributed by atoms with van der Waals surface area (Å²) in [5.41, 5.74) is 1.01. The van der Waals surface area contributed by atoms with Crippen LogP contribution < -0.4 is 5.32 Å². The van der Waals surface area contributed by atoms with Crippen LogP contribution in [0.15, 0.2) is 24.8 Å². The molecule has 0 radical (unpaired) electrons. The maximum atomic E-state index is 12.2. The number of aromatic nitrogens is 3. The molecule has 2 heterocycles. The van der Waals surface area contributed by atoms with Gasteiger partial charge in [0.1, 0.15) is 0 Å². The van der Waals surface area contributed by atoms with Gasteiger partial charge in [-0.3, -0.25) is 9.78 Å². The Balaban J connectivity index is 2.24. The Hall–Kier alpha value is -1.43. The second kappa shape index (κ2) is 5.06. The fraction of sp³-hybridized carbons (Fsp3) is 0.417. The van der Waals surface area contributed by atoms with Gasteiger partial charge < -0.3 is 5.32 Å². The first-order valence-electron chi connectivity index (χ1n) is 5.69. The molecular weight excluding hydrogens is 296 g/mol. The quantitative estimate of drug-likeness (QED) is 0.879. The lowest BCUT2D eigenvalue weighted by molar-refractivity contribution is 0.0913. The number of amides is 1. The first-order chi connectivity index (χ1) is 8.53. The topological polar surface area (TPSA) is 59.3 Å². The van der Waals surface area contributed by atoms with Crippen molar-refractivity contribution in [3.63, 3.8) is 0 Å². The maximum absolute atomic E-state index is 12.2. The molecule has 0 spiro atoms. The number of alkyl halides is 1.